The molecule has 5 heteroatoms. The Balaban J connectivity index is 0. The summed E-state index contributed by atoms with van der Waals surface area (Å²) >= 11 is 0. The number of aliphatic carboxylic acids is 1. The van der Waals surface area contributed by atoms with Gasteiger partial charge in [-0.25, -0.2) is 0 Å². The summed E-state index contributed by atoms with van der Waals surface area (Å²) in [6.07, 6.45) is 5.27. The van der Waals surface area contributed by atoms with Gasteiger partial charge < -0.3 is 23.9 Å². The molecule has 0 saturated carbocycles. The Kier molecular flexibility index (Phi) is 16.0. The van der Waals surface area contributed by atoms with E-state index in [0.717, 1.165) is 13.2 Å². The summed E-state index contributed by atoms with van der Waals surface area (Å²) in [5, 5.41) is 9.36. The van der Waals surface area contributed by atoms with Crippen LogP contribution in [0.25, 0.3) is 0 Å². The van der Waals surface area contributed by atoms with Crippen molar-refractivity contribution in [2.45, 2.75) is 39.5 Å². The van der Waals surface area contributed by atoms with Crippen molar-refractivity contribution in [1.82, 2.24) is 0 Å². The smallest absolute Gasteiger partial charge is 0.102 e. The van der Waals surface area contributed by atoms with Gasteiger partial charge in [0.05, 0.1) is 39.3 Å². The number of methoxy groups -OCH3 is 2. The van der Waals surface area contributed by atoms with Gasteiger partial charge in [-0.2, -0.15) is 0 Å². The second kappa shape index (κ2) is 14.8. The van der Waals surface area contributed by atoms with E-state index in [4.69, 9.17) is 4.74 Å². The Morgan fingerprint density at radius 3 is 1.75 bits per heavy atom. The molecular weight excluding hydrogens is 258 g/mol. The lowest BCUT2D eigenvalue weighted by molar-refractivity contribution is -0.910. The van der Waals surface area contributed by atoms with Gasteiger partial charge in [0.25, 0.3) is 0 Å². The highest BCUT2D eigenvalue weighted by Crippen LogP contribution is 2.08. The van der Waals surface area contributed by atoms with Gasteiger partial charge in [-0.05, 0) is 12.8 Å². The third-order valence-electron chi connectivity index (χ3n) is 3.20. The van der Waals surface area contributed by atoms with Crippen molar-refractivity contribution >= 4 is 5.97 Å². The summed E-state index contributed by atoms with van der Waals surface area (Å²) < 4.78 is 10.5. The van der Waals surface area contributed by atoms with Gasteiger partial charge in [0.2, 0.25) is 0 Å². The quantitative estimate of drug-likeness (QED) is 0.534. The molecule has 0 unspecified atom stereocenters. The minimum atomic E-state index is -1.18. The van der Waals surface area contributed by atoms with E-state index in [9.17, 15) is 9.90 Å². The molecule has 5 nitrogen and oxygen atoms in total. The van der Waals surface area contributed by atoms with E-state index in [-0.39, 0.29) is 6.61 Å². The third-order valence-corrected chi connectivity index (χ3v) is 3.20. The monoisotopic (exact) mass is 291 g/mol. The van der Waals surface area contributed by atoms with Gasteiger partial charge in [-0.1, -0.05) is 26.7 Å². The molecule has 0 aliphatic carbocycles. The molecule has 0 aromatic rings. The van der Waals surface area contributed by atoms with Crippen LogP contribution in [0.2, 0.25) is 0 Å². The van der Waals surface area contributed by atoms with Gasteiger partial charge in [-0.3, -0.25) is 0 Å². The summed E-state index contributed by atoms with van der Waals surface area (Å²) in [4.78, 5) is 9.36. The van der Waals surface area contributed by atoms with E-state index in [2.05, 4.69) is 25.6 Å². The summed E-state index contributed by atoms with van der Waals surface area (Å²) in [7, 11) is 5.46. The maximum Gasteiger partial charge on any atom is 0.102 e. The minimum Gasteiger partial charge on any atom is -0.548 e. The average Bonchev–Trinajstić information content (AvgIpc) is 2.41. The number of rotatable bonds is 11. The predicted octanol–water partition coefficient (Wildman–Crippen LogP) is 1.06. The molecule has 0 N–H and O–H groups in total. The normalized spacial score (nSPS) is 10.8. The molecule has 0 atom stereocenters. The number of carboxylic acid groups (broad SMARTS) is 1. The largest absolute Gasteiger partial charge is 0.548 e. The summed E-state index contributed by atoms with van der Waals surface area (Å²) in [6.45, 7) is 8.88. The van der Waals surface area contributed by atoms with Crippen LogP contribution in [0.5, 0.6) is 0 Å². The van der Waals surface area contributed by atoms with Gasteiger partial charge in [-0.15, -0.1) is 0 Å². The van der Waals surface area contributed by atoms with E-state index in [1.807, 2.05) is 0 Å². The number of carboxylic acids is 1. The standard InChI is InChI=1S/C12H28NO.C3H6O3/c1-5-7-9-13(3,10-8-6-2)11-12-14-4;1-6-2-3(4)5/h5-12H2,1-4H3;2H2,1H3,(H,4,5)/q+1;/p-1. The second-order valence-electron chi connectivity index (χ2n) is 5.30. The summed E-state index contributed by atoms with van der Waals surface area (Å²) in [6, 6.07) is 0. The Bertz CT molecular complexity index is 200. The fraction of sp³-hybridized carbons (Fsp3) is 0.933. The first-order valence-electron chi connectivity index (χ1n) is 7.47. The highest BCUT2D eigenvalue weighted by atomic mass is 16.5. The number of likely N-dealkylation sites (N-methyl/N-ethyl adjacent to an activating group) is 1. The topological polar surface area (TPSA) is 58.6 Å². The van der Waals surface area contributed by atoms with Crippen molar-refractivity contribution in [1.29, 1.82) is 0 Å². The summed E-state index contributed by atoms with van der Waals surface area (Å²) in [5.74, 6) is -1.18. The van der Waals surface area contributed by atoms with Crippen LogP contribution in [-0.4, -0.2) is 64.6 Å². The SMILES string of the molecule is CCCC[N+](C)(CCCC)CCOC.COCC(=O)[O-]. The first-order chi connectivity index (χ1) is 9.45. The van der Waals surface area contributed by atoms with Crippen LogP contribution in [-0.2, 0) is 14.3 Å². The van der Waals surface area contributed by atoms with Crippen molar-refractivity contribution in [2.24, 2.45) is 0 Å². The molecule has 0 amide bonds. The molecule has 0 aliphatic rings. The number of unbranched alkanes of at least 4 members (excludes halogenated alkanes) is 2. The van der Waals surface area contributed by atoms with E-state index in [1.165, 1.54) is 50.4 Å². The molecule has 0 fully saturated rings. The lowest BCUT2D eigenvalue weighted by Crippen LogP contribution is -2.47. The van der Waals surface area contributed by atoms with Crippen molar-refractivity contribution in [3.8, 4) is 0 Å². The van der Waals surface area contributed by atoms with Crippen molar-refractivity contribution < 1.29 is 23.9 Å². The average molecular weight is 291 g/mol. The van der Waals surface area contributed by atoms with Crippen molar-refractivity contribution in [2.75, 3.05) is 54.1 Å². The molecule has 20 heavy (non-hydrogen) atoms. The zero-order valence-corrected chi connectivity index (χ0v) is 13.9. The third kappa shape index (κ3) is 15.4. The second-order valence-corrected chi connectivity index (χ2v) is 5.30. The minimum absolute atomic E-state index is 0.319. The highest BCUT2D eigenvalue weighted by Gasteiger charge is 2.19. The molecule has 0 rings (SSSR count). The predicted molar refractivity (Wildman–Crippen MR) is 79.4 cm³/mol. The molecule has 0 aromatic carbocycles. The number of ether oxygens (including phenoxy) is 2. The van der Waals surface area contributed by atoms with E-state index in [0.29, 0.717) is 0 Å². The first-order valence-corrected chi connectivity index (χ1v) is 7.47. The molecule has 122 valence electrons. The van der Waals surface area contributed by atoms with Crippen molar-refractivity contribution in [3.05, 3.63) is 0 Å². The van der Waals surface area contributed by atoms with Crippen LogP contribution in [0.15, 0.2) is 0 Å². The molecule has 0 aromatic heterocycles. The molecule has 0 radical (unpaired) electrons. The van der Waals surface area contributed by atoms with Crippen LogP contribution in [0.3, 0.4) is 0 Å². The molecule has 0 heterocycles. The van der Waals surface area contributed by atoms with E-state index < -0.39 is 5.97 Å². The van der Waals surface area contributed by atoms with Gasteiger partial charge in [0.15, 0.2) is 0 Å². The number of carbonyl (C=O) groups is 1. The maximum absolute atomic E-state index is 9.36. The van der Waals surface area contributed by atoms with Crippen LogP contribution in [0.1, 0.15) is 39.5 Å². The molecule has 0 bridgehead atoms. The molecule has 0 aliphatic heterocycles. The van der Waals surface area contributed by atoms with Crippen LogP contribution in [0, 0.1) is 0 Å². The number of quaternary nitrogens is 1. The maximum atomic E-state index is 9.36. The Hall–Kier alpha value is -0.650. The van der Waals surface area contributed by atoms with Crippen LogP contribution in [0.4, 0.5) is 0 Å². The number of nitrogens with zero attached hydrogens (tertiary/aromatic N) is 1. The molecule has 0 saturated heterocycles. The van der Waals surface area contributed by atoms with Crippen LogP contribution < -0.4 is 5.11 Å². The van der Waals surface area contributed by atoms with Crippen LogP contribution >= 0.6 is 0 Å². The van der Waals surface area contributed by atoms with Crippen molar-refractivity contribution in [3.63, 3.8) is 0 Å². The van der Waals surface area contributed by atoms with E-state index >= 15 is 0 Å². The Morgan fingerprint density at radius 2 is 1.50 bits per heavy atom. The summed E-state index contributed by atoms with van der Waals surface area (Å²) in [5.41, 5.74) is 0. The molecular formula is C15H33NO4. The highest BCUT2D eigenvalue weighted by molar-refractivity contribution is 5.65. The lowest BCUT2D eigenvalue weighted by atomic mass is 10.2. The zero-order valence-electron chi connectivity index (χ0n) is 13.9. The van der Waals surface area contributed by atoms with Gasteiger partial charge in [0.1, 0.15) is 6.54 Å². The molecule has 0 spiro atoms. The lowest BCUT2D eigenvalue weighted by Gasteiger charge is -2.34. The Morgan fingerprint density at radius 1 is 1.00 bits per heavy atom. The van der Waals surface area contributed by atoms with Gasteiger partial charge >= 0.3 is 0 Å². The Labute approximate surface area is 124 Å². The fourth-order valence-electron chi connectivity index (χ4n) is 1.84. The van der Waals surface area contributed by atoms with E-state index in [1.54, 1.807) is 7.11 Å². The number of hydrogen-bond donors (Lipinski definition) is 0. The number of carbonyl (C=O) groups excluding carboxylic acids is 1. The zero-order chi connectivity index (χ0) is 15.9. The first kappa shape index (κ1) is 21.6. The van der Waals surface area contributed by atoms with Gasteiger partial charge in [0, 0.05) is 14.2 Å². The number of hydrogen-bond acceptors (Lipinski definition) is 4. The fourth-order valence-corrected chi connectivity index (χ4v) is 1.84.